The maximum Gasteiger partial charge on any atom is 0.387 e. The SMILES string of the molecule is Cn1nc(-c2cccc(OC(F)F)c2)nc1N. The molecule has 0 amide bonds. The molecule has 1 heterocycles. The van der Waals surface area contributed by atoms with Crippen LogP contribution in [0.3, 0.4) is 0 Å². The molecule has 1 aromatic carbocycles. The van der Waals surface area contributed by atoms with E-state index in [1.165, 1.54) is 16.8 Å². The van der Waals surface area contributed by atoms with Crippen molar-refractivity contribution in [3.05, 3.63) is 24.3 Å². The number of hydrogen-bond donors (Lipinski definition) is 1. The highest BCUT2D eigenvalue weighted by Crippen LogP contribution is 2.22. The van der Waals surface area contributed by atoms with E-state index in [9.17, 15) is 8.78 Å². The maximum absolute atomic E-state index is 12.0. The lowest BCUT2D eigenvalue weighted by Gasteiger charge is -2.04. The van der Waals surface area contributed by atoms with Crippen LogP contribution in [0.5, 0.6) is 5.75 Å². The number of rotatable bonds is 3. The molecule has 90 valence electrons. The fourth-order valence-electron chi connectivity index (χ4n) is 1.33. The molecule has 7 heteroatoms. The van der Waals surface area contributed by atoms with Crippen LogP contribution in [0.15, 0.2) is 24.3 Å². The van der Waals surface area contributed by atoms with Gasteiger partial charge in [-0.3, -0.25) is 0 Å². The Morgan fingerprint density at radius 1 is 1.41 bits per heavy atom. The molecule has 0 radical (unpaired) electrons. The molecule has 5 nitrogen and oxygen atoms in total. The minimum atomic E-state index is -2.85. The number of aromatic nitrogens is 3. The van der Waals surface area contributed by atoms with Gasteiger partial charge in [-0.2, -0.15) is 13.8 Å². The first-order chi connectivity index (χ1) is 8.06. The lowest BCUT2D eigenvalue weighted by Crippen LogP contribution is -2.01. The lowest BCUT2D eigenvalue weighted by atomic mass is 10.2. The monoisotopic (exact) mass is 240 g/mol. The van der Waals surface area contributed by atoms with Crippen LogP contribution in [-0.2, 0) is 7.05 Å². The van der Waals surface area contributed by atoms with Crippen LogP contribution in [0.4, 0.5) is 14.7 Å². The van der Waals surface area contributed by atoms with Gasteiger partial charge in [0.15, 0.2) is 5.82 Å². The summed E-state index contributed by atoms with van der Waals surface area (Å²) in [5, 5.41) is 4.04. The Hall–Kier alpha value is -2.18. The zero-order valence-corrected chi connectivity index (χ0v) is 8.97. The molecule has 2 rings (SSSR count). The van der Waals surface area contributed by atoms with Gasteiger partial charge >= 0.3 is 6.61 Å². The van der Waals surface area contributed by atoms with E-state index < -0.39 is 6.61 Å². The van der Waals surface area contributed by atoms with E-state index in [1.807, 2.05) is 0 Å². The summed E-state index contributed by atoms with van der Waals surface area (Å²) in [7, 11) is 1.64. The summed E-state index contributed by atoms with van der Waals surface area (Å²) in [6.45, 7) is -2.85. The molecular formula is C10H10F2N4O. The van der Waals surface area contributed by atoms with Gasteiger partial charge in [0.2, 0.25) is 5.95 Å². The highest BCUT2D eigenvalue weighted by Gasteiger charge is 2.09. The predicted octanol–water partition coefficient (Wildman–Crippen LogP) is 1.67. The molecule has 0 aliphatic heterocycles. The van der Waals surface area contributed by atoms with E-state index in [-0.39, 0.29) is 11.7 Å². The van der Waals surface area contributed by atoms with Crippen molar-refractivity contribution in [2.75, 3.05) is 5.73 Å². The number of ether oxygens (including phenoxy) is 1. The molecule has 0 aliphatic rings. The molecule has 17 heavy (non-hydrogen) atoms. The van der Waals surface area contributed by atoms with E-state index in [0.717, 1.165) is 0 Å². The summed E-state index contributed by atoms with van der Waals surface area (Å²) in [5.41, 5.74) is 6.10. The van der Waals surface area contributed by atoms with Crippen molar-refractivity contribution < 1.29 is 13.5 Å². The molecule has 0 fully saturated rings. The van der Waals surface area contributed by atoms with Crippen LogP contribution in [-0.4, -0.2) is 21.4 Å². The Bertz CT molecular complexity index is 507. The molecule has 2 aromatic rings. The summed E-state index contributed by atoms with van der Waals surface area (Å²) >= 11 is 0. The average Bonchev–Trinajstić information content (AvgIpc) is 2.59. The van der Waals surface area contributed by atoms with E-state index in [0.29, 0.717) is 11.4 Å². The Kier molecular flexibility index (Phi) is 2.90. The third kappa shape index (κ3) is 2.49. The van der Waals surface area contributed by atoms with Crippen molar-refractivity contribution in [2.45, 2.75) is 6.61 Å². The molecule has 0 saturated heterocycles. The van der Waals surface area contributed by atoms with Crippen molar-refractivity contribution in [1.82, 2.24) is 14.8 Å². The van der Waals surface area contributed by atoms with Crippen LogP contribution >= 0.6 is 0 Å². The van der Waals surface area contributed by atoms with Crippen LogP contribution in [0.25, 0.3) is 11.4 Å². The van der Waals surface area contributed by atoms with Crippen molar-refractivity contribution in [3.63, 3.8) is 0 Å². The van der Waals surface area contributed by atoms with Crippen molar-refractivity contribution in [3.8, 4) is 17.1 Å². The zero-order valence-electron chi connectivity index (χ0n) is 8.97. The Morgan fingerprint density at radius 2 is 2.18 bits per heavy atom. The van der Waals surface area contributed by atoms with Gasteiger partial charge < -0.3 is 10.5 Å². The number of nitrogens with zero attached hydrogens (tertiary/aromatic N) is 3. The number of halogens is 2. The van der Waals surface area contributed by atoms with Gasteiger partial charge in [-0.25, -0.2) is 4.68 Å². The van der Waals surface area contributed by atoms with Gasteiger partial charge in [0.05, 0.1) is 0 Å². The molecule has 0 spiro atoms. The summed E-state index contributed by atoms with van der Waals surface area (Å²) in [4.78, 5) is 3.99. The zero-order chi connectivity index (χ0) is 12.4. The Morgan fingerprint density at radius 3 is 2.76 bits per heavy atom. The van der Waals surface area contributed by atoms with Gasteiger partial charge in [-0.15, -0.1) is 5.10 Å². The summed E-state index contributed by atoms with van der Waals surface area (Å²) in [6.07, 6.45) is 0. The number of nitrogen functional groups attached to an aromatic ring is 1. The predicted molar refractivity (Wildman–Crippen MR) is 57.5 cm³/mol. The van der Waals surface area contributed by atoms with E-state index in [2.05, 4.69) is 14.8 Å². The Labute approximate surface area is 95.8 Å². The first kappa shape index (κ1) is 11.3. The topological polar surface area (TPSA) is 66.0 Å². The van der Waals surface area contributed by atoms with Crippen LogP contribution in [0.2, 0.25) is 0 Å². The summed E-state index contributed by atoms with van der Waals surface area (Å²) in [6, 6.07) is 6.13. The standard InChI is InChI=1S/C10H10F2N4O/c1-16-10(13)14-8(15-16)6-3-2-4-7(5-6)17-9(11)12/h2-5,9H,1H3,(H2,13,14,15). The van der Waals surface area contributed by atoms with Crippen molar-refractivity contribution in [1.29, 1.82) is 0 Å². The fourth-order valence-corrected chi connectivity index (χ4v) is 1.33. The van der Waals surface area contributed by atoms with Crippen LogP contribution in [0.1, 0.15) is 0 Å². The highest BCUT2D eigenvalue weighted by atomic mass is 19.3. The molecule has 0 saturated carbocycles. The molecular weight excluding hydrogens is 230 g/mol. The van der Waals surface area contributed by atoms with E-state index >= 15 is 0 Å². The number of nitrogens with two attached hydrogens (primary N) is 1. The van der Waals surface area contributed by atoms with Gasteiger partial charge in [0.1, 0.15) is 5.75 Å². The highest BCUT2D eigenvalue weighted by molar-refractivity contribution is 5.58. The second kappa shape index (κ2) is 4.36. The molecule has 0 aliphatic carbocycles. The third-order valence-electron chi connectivity index (χ3n) is 2.11. The molecule has 0 bridgehead atoms. The molecule has 1 aromatic heterocycles. The average molecular weight is 240 g/mol. The van der Waals surface area contributed by atoms with Crippen molar-refractivity contribution in [2.24, 2.45) is 7.05 Å². The quantitative estimate of drug-likeness (QED) is 0.886. The lowest BCUT2D eigenvalue weighted by molar-refractivity contribution is -0.0498. The second-order valence-electron chi connectivity index (χ2n) is 3.32. The van der Waals surface area contributed by atoms with Gasteiger partial charge in [0.25, 0.3) is 0 Å². The Balaban J connectivity index is 2.32. The second-order valence-corrected chi connectivity index (χ2v) is 3.32. The summed E-state index contributed by atoms with van der Waals surface area (Å²) in [5.74, 6) is 0.674. The summed E-state index contributed by atoms with van der Waals surface area (Å²) < 4.78 is 29.8. The van der Waals surface area contributed by atoms with Crippen molar-refractivity contribution >= 4 is 5.95 Å². The first-order valence-electron chi connectivity index (χ1n) is 4.78. The van der Waals surface area contributed by atoms with Gasteiger partial charge in [-0.05, 0) is 12.1 Å². The number of anilines is 1. The smallest absolute Gasteiger partial charge is 0.387 e. The number of benzene rings is 1. The normalized spacial score (nSPS) is 10.8. The van der Waals surface area contributed by atoms with Crippen LogP contribution in [0, 0.1) is 0 Å². The fraction of sp³-hybridized carbons (Fsp3) is 0.200. The molecule has 0 unspecified atom stereocenters. The number of aryl methyl sites for hydroxylation is 1. The minimum Gasteiger partial charge on any atom is -0.435 e. The largest absolute Gasteiger partial charge is 0.435 e. The van der Waals surface area contributed by atoms with Crippen LogP contribution < -0.4 is 10.5 Å². The van der Waals surface area contributed by atoms with E-state index in [4.69, 9.17) is 5.73 Å². The van der Waals surface area contributed by atoms with Gasteiger partial charge in [-0.1, -0.05) is 12.1 Å². The number of alkyl halides is 2. The first-order valence-corrected chi connectivity index (χ1v) is 4.78. The van der Waals surface area contributed by atoms with E-state index in [1.54, 1.807) is 19.2 Å². The third-order valence-corrected chi connectivity index (χ3v) is 2.11. The molecule has 0 atom stereocenters. The van der Waals surface area contributed by atoms with Gasteiger partial charge in [0, 0.05) is 12.6 Å². The minimum absolute atomic E-state index is 0.0588. The number of hydrogen-bond acceptors (Lipinski definition) is 4. The molecule has 2 N–H and O–H groups in total. The maximum atomic E-state index is 12.0.